The molecule has 1 N–H and O–H groups in total. The minimum Gasteiger partial charge on any atom is -0.465 e. The third-order valence-electron chi connectivity index (χ3n) is 1.79. The molecule has 0 spiro atoms. The summed E-state index contributed by atoms with van der Waals surface area (Å²) in [4.78, 5) is 11.1. The van der Waals surface area contributed by atoms with E-state index in [9.17, 15) is 4.79 Å². The number of carbonyl (C=O) groups excluding carboxylic acids is 1. The van der Waals surface area contributed by atoms with Crippen molar-refractivity contribution >= 4 is 5.97 Å². The highest BCUT2D eigenvalue weighted by molar-refractivity contribution is 5.71. The molecule has 0 aliphatic rings. The Labute approximate surface area is 73.7 Å². The molecule has 0 radical (unpaired) electrons. The van der Waals surface area contributed by atoms with Gasteiger partial charge in [0.05, 0.1) is 18.6 Å². The van der Waals surface area contributed by atoms with Crippen LogP contribution in [0.15, 0.2) is 0 Å². The lowest BCUT2D eigenvalue weighted by molar-refractivity contribution is -0.148. The zero-order valence-corrected chi connectivity index (χ0v) is 8.04. The monoisotopic (exact) mass is 174 g/mol. The van der Waals surface area contributed by atoms with Gasteiger partial charge in [0.2, 0.25) is 0 Å². The molecule has 0 heterocycles. The van der Waals surface area contributed by atoms with Gasteiger partial charge in [0.25, 0.3) is 0 Å². The summed E-state index contributed by atoms with van der Waals surface area (Å²) in [6.07, 6.45) is 0.921. The molecule has 12 heavy (non-hydrogen) atoms. The predicted octanol–water partition coefficient (Wildman–Crippen LogP) is 1.35. The van der Waals surface area contributed by atoms with Gasteiger partial charge in [0.1, 0.15) is 0 Å². The smallest absolute Gasteiger partial charge is 0.308 e. The molecular formula is C9H18O3. The van der Waals surface area contributed by atoms with Crippen LogP contribution < -0.4 is 0 Å². The maximum atomic E-state index is 11.1. The Morgan fingerprint density at radius 3 is 2.50 bits per heavy atom. The number of aliphatic hydroxyl groups excluding tert-OH is 1. The Kier molecular flexibility index (Phi) is 5.72. The summed E-state index contributed by atoms with van der Waals surface area (Å²) in [5.41, 5.74) is 0. The molecule has 0 rings (SSSR count). The number of rotatable bonds is 5. The molecule has 0 saturated carbocycles. The second kappa shape index (κ2) is 6.00. The lowest BCUT2D eigenvalue weighted by Crippen LogP contribution is -2.16. The number of ether oxygens (including phenoxy) is 1. The van der Waals surface area contributed by atoms with Crippen LogP contribution in [0.1, 0.15) is 33.6 Å². The van der Waals surface area contributed by atoms with Crippen LogP contribution in [0.5, 0.6) is 0 Å². The van der Waals surface area contributed by atoms with Gasteiger partial charge in [-0.25, -0.2) is 0 Å². The first kappa shape index (κ1) is 11.4. The van der Waals surface area contributed by atoms with E-state index >= 15 is 0 Å². The van der Waals surface area contributed by atoms with Crippen LogP contribution in [-0.2, 0) is 9.53 Å². The van der Waals surface area contributed by atoms with Crippen LogP contribution in [0, 0.1) is 5.92 Å². The van der Waals surface area contributed by atoms with E-state index in [-0.39, 0.29) is 11.9 Å². The molecule has 0 aromatic carbocycles. The fourth-order valence-corrected chi connectivity index (χ4v) is 0.639. The summed E-state index contributed by atoms with van der Waals surface area (Å²) >= 11 is 0. The van der Waals surface area contributed by atoms with E-state index in [1.54, 1.807) is 6.92 Å². The predicted molar refractivity (Wildman–Crippen MR) is 46.7 cm³/mol. The SMILES string of the molecule is CCC(C)C(=O)OCCC(C)O. The highest BCUT2D eigenvalue weighted by atomic mass is 16.5. The molecule has 0 fully saturated rings. The van der Waals surface area contributed by atoms with Crippen molar-refractivity contribution < 1.29 is 14.6 Å². The molecule has 0 aromatic heterocycles. The summed E-state index contributed by atoms with van der Waals surface area (Å²) in [6.45, 7) is 5.78. The van der Waals surface area contributed by atoms with Crippen molar-refractivity contribution in [2.45, 2.75) is 39.7 Å². The summed E-state index contributed by atoms with van der Waals surface area (Å²) < 4.78 is 4.91. The van der Waals surface area contributed by atoms with E-state index in [0.29, 0.717) is 13.0 Å². The molecule has 2 atom stereocenters. The molecule has 0 amide bonds. The molecule has 0 aromatic rings. The van der Waals surface area contributed by atoms with Gasteiger partial charge < -0.3 is 9.84 Å². The molecule has 3 heteroatoms. The quantitative estimate of drug-likeness (QED) is 0.640. The van der Waals surface area contributed by atoms with E-state index in [4.69, 9.17) is 9.84 Å². The minimum absolute atomic E-state index is 0.0287. The van der Waals surface area contributed by atoms with Crippen molar-refractivity contribution in [2.75, 3.05) is 6.61 Å². The molecule has 0 saturated heterocycles. The summed E-state index contributed by atoms with van der Waals surface area (Å²) in [7, 11) is 0. The molecule has 72 valence electrons. The highest BCUT2D eigenvalue weighted by Gasteiger charge is 2.11. The Morgan fingerprint density at radius 1 is 1.50 bits per heavy atom. The van der Waals surface area contributed by atoms with Crippen molar-refractivity contribution in [1.82, 2.24) is 0 Å². The fourth-order valence-electron chi connectivity index (χ4n) is 0.639. The van der Waals surface area contributed by atoms with E-state index in [1.165, 1.54) is 0 Å². The summed E-state index contributed by atoms with van der Waals surface area (Å²) in [6, 6.07) is 0. The molecule has 3 nitrogen and oxygen atoms in total. The Bertz CT molecular complexity index is 132. The van der Waals surface area contributed by atoms with Gasteiger partial charge in [0, 0.05) is 6.42 Å². The molecule has 0 aliphatic heterocycles. The standard InChI is InChI=1S/C9H18O3/c1-4-7(2)9(11)12-6-5-8(3)10/h7-8,10H,4-6H2,1-3H3. The second-order valence-corrected chi connectivity index (χ2v) is 3.11. The van der Waals surface area contributed by atoms with Gasteiger partial charge >= 0.3 is 5.97 Å². The topological polar surface area (TPSA) is 46.5 Å². The van der Waals surface area contributed by atoms with Gasteiger partial charge in [-0.2, -0.15) is 0 Å². The second-order valence-electron chi connectivity index (χ2n) is 3.11. The lowest BCUT2D eigenvalue weighted by Gasteiger charge is -2.09. The van der Waals surface area contributed by atoms with Gasteiger partial charge in [-0.05, 0) is 13.3 Å². The first-order valence-electron chi connectivity index (χ1n) is 4.42. The average molecular weight is 174 g/mol. The Balaban J connectivity index is 3.44. The van der Waals surface area contributed by atoms with Crippen LogP contribution in [0.4, 0.5) is 0 Å². The van der Waals surface area contributed by atoms with Gasteiger partial charge in [-0.15, -0.1) is 0 Å². The lowest BCUT2D eigenvalue weighted by atomic mass is 10.1. The molecule has 0 aliphatic carbocycles. The first-order valence-corrected chi connectivity index (χ1v) is 4.42. The van der Waals surface area contributed by atoms with Crippen LogP contribution in [0.2, 0.25) is 0 Å². The third-order valence-corrected chi connectivity index (χ3v) is 1.79. The Hall–Kier alpha value is -0.570. The minimum atomic E-state index is -0.394. The number of aliphatic hydroxyl groups is 1. The largest absolute Gasteiger partial charge is 0.465 e. The van der Waals surface area contributed by atoms with E-state index in [0.717, 1.165) is 6.42 Å². The Morgan fingerprint density at radius 2 is 2.08 bits per heavy atom. The maximum absolute atomic E-state index is 11.1. The molecule has 2 unspecified atom stereocenters. The zero-order valence-electron chi connectivity index (χ0n) is 8.04. The molecule has 0 bridgehead atoms. The van der Waals surface area contributed by atoms with Crippen LogP contribution in [-0.4, -0.2) is 23.8 Å². The number of hydrogen-bond acceptors (Lipinski definition) is 3. The van der Waals surface area contributed by atoms with Crippen LogP contribution in [0.3, 0.4) is 0 Å². The van der Waals surface area contributed by atoms with Crippen molar-refractivity contribution in [2.24, 2.45) is 5.92 Å². The van der Waals surface area contributed by atoms with Gasteiger partial charge in [0.15, 0.2) is 0 Å². The first-order chi connectivity index (χ1) is 5.57. The van der Waals surface area contributed by atoms with E-state index < -0.39 is 6.10 Å². The fraction of sp³-hybridized carbons (Fsp3) is 0.889. The average Bonchev–Trinajstić information content (AvgIpc) is 2.02. The van der Waals surface area contributed by atoms with Gasteiger partial charge in [-0.3, -0.25) is 4.79 Å². The van der Waals surface area contributed by atoms with Crippen molar-refractivity contribution in [3.63, 3.8) is 0 Å². The maximum Gasteiger partial charge on any atom is 0.308 e. The summed E-state index contributed by atoms with van der Waals surface area (Å²) in [5, 5.41) is 8.87. The number of hydrogen-bond donors (Lipinski definition) is 1. The summed E-state index contributed by atoms with van der Waals surface area (Å²) in [5.74, 6) is -0.197. The van der Waals surface area contributed by atoms with Crippen LogP contribution >= 0.6 is 0 Å². The van der Waals surface area contributed by atoms with E-state index in [2.05, 4.69) is 0 Å². The van der Waals surface area contributed by atoms with Crippen molar-refractivity contribution in [3.05, 3.63) is 0 Å². The molecular weight excluding hydrogens is 156 g/mol. The number of esters is 1. The van der Waals surface area contributed by atoms with E-state index in [1.807, 2.05) is 13.8 Å². The highest BCUT2D eigenvalue weighted by Crippen LogP contribution is 2.03. The van der Waals surface area contributed by atoms with Gasteiger partial charge in [-0.1, -0.05) is 13.8 Å². The third kappa shape index (κ3) is 5.13. The van der Waals surface area contributed by atoms with Crippen molar-refractivity contribution in [3.8, 4) is 0 Å². The number of carbonyl (C=O) groups is 1. The van der Waals surface area contributed by atoms with Crippen molar-refractivity contribution in [1.29, 1.82) is 0 Å². The normalized spacial score (nSPS) is 15.3. The van der Waals surface area contributed by atoms with Crippen LogP contribution in [0.25, 0.3) is 0 Å². The zero-order chi connectivity index (χ0) is 9.56.